The third-order valence-corrected chi connectivity index (χ3v) is 4.27. The average molecular weight is 400 g/mol. The first-order valence-corrected chi connectivity index (χ1v) is 7.95. The number of carbonyl (C=O) groups excluding carboxylic acids is 1. The number of hydrogen-bond donors (Lipinski definition) is 2. The lowest BCUT2D eigenvalue weighted by Gasteiger charge is -2.15. The van der Waals surface area contributed by atoms with Crippen LogP contribution in [0.4, 0.5) is 20.3 Å². The van der Waals surface area contributed by atoms with Gasteiger partial charge in [-0.15, -0.1) is 0 Å². The Morgan fingerprint density at radius 3 is 2.67 bits per heavy atom. The summed E-state index contributed by atoms with van der Waals surface area (Å²) in [5, 5.41) is 2.71. The van der Waals surface area contributed by atoms with E-state index in [4.69, 9.17) is 4.84 Å². The van der Waals surface area contributed by atoms with Crippen molar-refractivity contribution in [2.75, 3.05) is 11.9 Å². The van der Waals surface area contributed by atoms with Gasteiger partial charge in [0.25, 0.3) is 5.91 Å². The van der Waals surface area contributed by atoms with Crippen molar-refractivity contribution in [1.82, 2.24) is 10.5 Å². The Morgan fingerprint density at radius 1 is 1.29 bits per heavy atom. The fraction of sp³-hybridized carbons (Fsp3) is 0.250. The Bertz CT molecular complexity index is 784. The van der Waals surface area contributed by atoms with Gasteiger partial charge >= 0.3 is 0 Å². The van der Waals surface area contributed by atoms with Gasteiger partial charge in [-0.25, -0.2) is 19.2 Å². The molecule has 2 aromatic rings. The van der Waals surface area contributed by atoms with Gasteiger partial charge in [0.2, 0.25) is 0 Å². The number of nitrogens with one attached hydrogen (secondary N) is 2. The van der Waals surface area contributed by atoms with Crippen molar-refractivity contribution in [3.63, 3.8) is 0 Å². The SMILES string of the molecule is CCONC(=O)c1ccc(F)c(F)c1Nc1ncc(Br)c(C)c1C. The summed E-state index contributed by atoms with van der Waals surface area (Å²) >= 11 is 3.35. The van der Waals surface area contributed by atoms with Crippen LogP contribution in [0.5, 0.6) is 0 Å². The fourth-order valence-electron chi connectivity index (χ4n) is 1.97. The Kier molecular flexibility index (Phi) is 5.84. The van der Waals surface area contributed by atoms with E-state index in [1.807, 2.05) is 6.92 Å². The van der Waals surface area contributed by atoms with Gasteiger partial charge in [-0.05, 0) is 60.0 Å². The van der Waals surface area contributed by atoms with Crippen molar-refractivity contribution in [1.29, 1.82) is 0 Å². The van der Waals surface area contributed by atoms with E-state index in [1.165, 1.54) is 6.07 Å². The first-order chi connectivity index (χ1) is 11.4. The molecule has 0 saturated carbocycles. The number of halogens is 3. The fourth-order valence-corrected chi connectivity index (χ4v) is 2.37. The number of aromatic nitrogens is 1. The Balaban J connectivity index is 2.47. The zero-order chi connectivity index (χ0) is 17.9. The summed E-state index contributed by atoms with van der Waals surface area (Å²) in [6.45, 7) is 5.57. The van der Waals surface area contributed by atoms with Crippen LogP contribution in [0.25, 0.3) is 0 Å². The summed E-state index contributed by atoms with van der Waals surface area (Å²) in [6.07, 6.45) is 1.54. The largest absolute Gasteiger partial charge is 0.337 e. The van der Waals surface area contributed by atoms with E-state index in [2.05, 4.69) is 31.7 Å². The summed E-state index contributed by atoms with van der Waals surface area (Å²) in [7, 11) is 0. The molecule has 0 aliphatic rings. The van der Waals surface area contributed by atoms with E-state index in [0.29, 0.717) is 5.82 Å². The second-order valence-electron chi connectivity index (χ2n) is 4.98. The first kappa shape index (κ1) is 18.3. The monoisotopic (exact) mass is 399 g/mol. The molecule has 0 unspecified atom stereocenters. The molecule has 1 amide bonds. The molecular weight excluding hydrogens is 384 g/mol. The van der Waals surface area contributed by atoms with E-state index in [0.717, 1.165) is 21.7 Å². The van der Waals surface area contributed by atoms with Crippen molar-refractivity contribution in [2.45, 2.75) is 20.8 Å². The normalized spacial score (nSPS) is 10.6. The minimum absolute atomic E-state index is 0.0934. The number of hydroxylamine groups is 1. The van der Waals surface area contributed by atoms with Gasteiger partial charge in [0, 0.05) is 10.7 Å². The third kappa shape index (κ3) is 3.70. The smallest absolute Gasteiger partial charge is 0.277 e. The second-order valence-corrected chi connectivity index (χ2v) is 5.83. The molecule has 0 aliphatic carbocycles. The van der Waals surface area contributed by atoms with Gasteiger partial charge in [0.15, 0.2) is 11.6 Å². The van der Waals surface area contributed by atoms with Gasteiger partial charge in [-0.2, -0.15) is 0 Å². The van der Waals surface area contributed by atoms with Crippen LogP contribution in [0.1, 0.15) is 28.4 Å². The summed E-state index contributed by atoms with van der Waals surface area (Å²) in [4.78, 5) is 21.1. The zero-order valence-corrected chi connectivity index (χ0v) is 14.9. The zero-order valence-electron chi connectivity index (χ0n) is 13.3. The van der Waals surface area contributed by atoms with Crippen LogP contribution in [-0.2, 0) is 4.84 Å². The predicted octanol–water partition coefficient (Wildman–Crippen LogP) is 4.16. The van der Waals surface area contributed by atoms with E-state index in [-0.39, 0.29) is 17.9 Å². The topological polar surface area (TPSA) is 63.2 Å². The molecule has 0 atom stereocenters. The van der Waals surface area contributed by atoms with E-state index in [9.17, 15) is 13.6 Å². The van der Waals surface area contributed by atoms with Crippen molar-refractivity contribution < 1.29 is 18.4 Å². The Morgan fingerprint density at radius 2 is 2.00 bits per heavy atom. The lowest BCUT2D eigenvalue weighted by molar-refractivity contribution is 0.0365. The number of hydrogen-bond acceptors (Lipinski definition) is 4. The van der Waals surface area contributed by atoms with Crippen LogP contribution in [0.3, 0.4) is 0 Å². The number of rotatable bonds is 5. The molecule has 1 aromatic carbocycles. The quantitative estimate of drug-likeness (QED) is 0.740. The molecule has 0 bridgehead atoms. The number of benzene rings is 1. The highest BCUT2D eigenvalue weighted by molar-refractivity contribution is 9.10. The van der Waals surface area contributed by atoms with Crippen LogP contribution in [-0.4, -0.2) is 17.5 Å². The molecule has 0 spiro atoms. The molecule has 1 aromatic heterocycles. The second kappa shape index (κ2) is 7.67. The minimum atomic E-state index is -1.17. The molecular formula is C16H16BrF2N3O2. The number of carbonyl (C=O) groups is 1. The lowest BCUT2D eigenvalue weighted by Crippen LogP contribution is -2.25. The van der Waals surface area contributed by atoms with Crippen LogP contribution in [0.2, 0.25) is 0 Å². The van der Waals surface area contributed by atoms with Crippen molar-refractivity contribution in [3.05, 3.63) is 51.1 Å². The van der Waals surface area contributed by atoms with Crippen LogP contribution in [0, 0.1) is 25.5 Å². The highest BCUT2D eigenvalue weighted by Crippen LogP contribution is 2.30. The Labute approximate surface area is 146 Å². The van der Waals surface area contributed by atoms with Gasteiger partial charge in [-0.1, -0.05) is 0 Å². The molecule has 2 N–H and O–H groups in total. The maximum absolute atomic E-state index is 14.2. The van der Waals surface area contributed by atoms with Crippen LogP contribution >= 0.6 is 15.9 Å². The minimum Gasteiger partial charge on any atom is -0.337 e. The number of amides is 1. The van der Waals surface area contributed by atoms with Crippen molar-refractivity contribution >= 4 is 33.3 Å². The molecule has 5 nitrogen and oxygen atoms in total. The molecule has 24 heavy (non-hydrogen) atoms. The van der Waals surface area contributed by atoms with Crippen LogP contribution in [0.15, 0.2) is 22.8 Å². The van der Waals surface area contributed by atoms with Crippen molar-refractivity contribution in [2.24, 2.45) is 0 Å². The van der Waals surface area contributed by atoms with Gasteiger partial charge in [-0.3, -0.25) is 9.63 Å². The molecule has 2 rings (SSSR count). The first-order valence-electron chi connectivity index (χ1n) is 7.15. The van der Waals surface area contributed by atoms with E-state index < -0.39 is 17.5 Å². The standard InChI is InChI=1S/C16H16BrF2N3O2/c1-4-24-22-16(23)10-5-6-12(18)13(19)14(10)21-15-9(3)8(2)11(17)7-20-15/h5-7H,4H2,1-3H3,(H,20,21)(H,22,23). The Hall–Kier alpha value is -2.06. The van der Waals surface area contributed by atoms with Gasteiger partial charge < -0.3 is 5.32 Å². The predicted molar refractivity (Wildman–Crippen MR) is 90.1 cm³/mol. The third-order valence-electron chi connectivity index (χ3n) is 3.48. The molecule has 0 radical (unpaired) electrons. The summed E-state index contributed by atoms with van der Waals surface area (Å²) in [5.74, 6) is -2.60. The van der Waals surface area contributed by atoms with E-state index in [1.54, 1.807) is 20.0 Å². The molecule has 1 heterocycles. The van der Waals surface area contributed by atoms with Crippen molar-refractivity contribution in [3.8, 4) is 0 Å². The summed E-state index contributed by atoms with van der Waals surface area (Å²) < 4.78 is 28.7. The maximum Gasteiger partial charge on any atom is 0.277 e. The molecule has 8 heteroatoms. The van der Waals surface area contributed by atoms with Gasteiger partial charge in [0.1, 0.15) is 5.82 Å². The van der Waals surface area contributed by atoms with E-state index >= 15 is 0 Å². The number of pyridine rings is 1. The highest BCUT2D eigenvalue weighted by Gasteiger charge is 2.20. The average Bonchev–Trinajstić information content (AvgIpc) is 2.57. The maximum atomic E-state index is 14.2. The molecule has 128 valence electrons. The molecule has 0 fully saturated rings. The van der Waals surface area contributed by atoms with Crippen LogP contribution < -0.4 is 10.8 Å². The van der Waals surface area contributed by atoms with Gasteiger partial charge in [0.05, 0.1) is 17.9 Å². The number of nitrogens with zero attached hydrogens (tertiary/aromatic N) is 1. The number of anilines is 2. The lowest BCUT2D eigenvalue weighted by atomic mass is 10.1. The summed E-state index contributed by atoms with van der Waals surface area (Å²) in [6, 6.07) is 2.06. The molecule has 0 aliphatic heterocycles. The molecule has 0 saturated heterocycles. The summed E-state index contributed by atoms with van der Waals surface area (Å²) in [5.41, 5.74) is 3.40. The highest BCUT2D eigenvalue weighted by atomic mass is 79.9.